The third-order valence-electron chi connectivity index (χ3n) is 2.24. The number of carboxylic acid groups (broad SMARTS) is 1. The number of rotatable bonds is 6. The van der Waals surface area contributed by atoms with Gasteiger partial charge in [-0.05, 0) is 32.0 Å². The van der Waals surface area contributed by atoms with Crippen molar-refractivity contribution in [3.63, 3.8) is 0 Å². The predicted molar refractivity (Wildman–Crippen MR) is 68.0 cm³/mol. The molecule has 1 rings (SSSR count). The number of carboxylic acids is 1. The molecule has 5 heteroatoms. The van der Waals surface area contributed by atoms with Crippen molar-refractivity contribution in [1.82, 2.24) is 0 Å². The Labute approximate surface area is 106 Å². The molecule has 17 heavy (non-hydrogen) atoms. The van der Waals surface area contributed by atoms with Gasteiger partial charge in [-0.3, -0.25) is 0 Å². The van der Waals surface area contributed by atoms with Gasteiger partial charge in [-0.15, -0.1) is 0 Å². The van der Waals surface area contributed by atoms with E-state index in [1.54, 1.807) is 12.1 Å². The molecular formula is C12H16ClNO3. The molecule has 0 aliphatic carbocycles. The first-order valence-corrected chi connectivity index (χ1v) is 5.80. The van der Waals surface area contributed by atoms with Crippen LogP contribution in [0.25, 0.3) is 0 Å². The van der Waals surface area contributed by atoms with Crippen molar-refractivity contribution in [2.75, 3.05) is 18.5 Å². The molecule has 2 N–H and O–H groups in total. The first-order chi connectivity index (χ1) is 8.04. The average Bonchev–Trinajstić information content (AvgIpc) is 2.27. The van der Waals surface area contributed by atoms with Crippen LogP contribution in [0.4, 0.5) is 5.69 Å². The zero-order valence-corrected chi connectivity index (χ0v) is 10.6. The number of hydrogen-bond acceptors (Lipinski definition) is 3. The summed E-state index contributed by atoms with van der Waals surface area (Å²) in [5.41, 5.74) is 0.717. The lowest BCUT2D eigenvalue weighted by Gasteiger charge is -2.15. The smallest absolute Gasteiger partial charge is 0.337 e. The quantitative estimate of drug-likeness (QED) is 0.823. The van der Waals surface area contributed by atoms with E-state index in [1.807, 2.05) is 13.8 Å². The van der Waals surface area contributed by atoms with Crippen LogP contribution in [-0.4, -0.2) is 30.3 Å². The van der Waals surface area contributed by atoms with Crippen molar-refractivity contribution in [1.29, 1.82) is 0 Å². The Morgan fingerprint density at radius 3 is 2.88 bits per heavy atom. The summed E-state index contributed by atoms with van der Waals surface area (Å²) in [6.45, 7) is 5.03. The van der Waals surface area contributed by atoms with Gasteiger partial charge in [0.25, 0.3) is 0 Å². The lowest BCUT2D eigenvalue weighted by Crippen LogP contribution is -2.20. The topological polar surface area (TPSA) is 58.6 Å². The van der Waals surface area contributed by atoms with E-state index in [0.717, 1.165) is 0 Å². The lowest BCUT2D eigenvalue weighted by atomic mass is 10.1. The molecule has 1 unspecified atom stereocenters. The average molecular weight is 258 g/mol. The molecule has 1 aromatic carbocycles. The minimum absolute atomic E-state index is 0.0253. The van der Waals surface area contributed by atoms with Crippen LogP contribution in [0.15, 0.2) is 18.2 Å². The maximum Gasteiger partial charge on any atom is 0.337 e. The number of hydrogen-bond donors (Lipinski definition) is 2. The third-order valence-corrected chi connectivity index (χ3v) is 2.48. The second-order valence-corrected chi connectivity index (χ2v) is 4.08. The molecule has 0 spiro atoms. The summed E-state index contributed by atoms with van der Waals surface area (Å²) >= 11 is 5.76. The standard InChI is InChI=1S/C12H16ClNO3/c1-3-17-8(2)7-14-11-5-4-9(13)6-10(11)12(15)16/h4-6,8,14H,3,7H2,1-2H3,(H,15,16). The normalized spacial score (nSPS) is 12.2. The second kappa shape index (κ2) is 6.47. The Morgan fingerprint density at radius 1 is 1.59 bits per heavy atom. The summed E-state index contributed by atoms with van der Waals surface area (Å²) in [6, 6.07) is 4.74. The van der Waals surface area contributed by atoms with Crippen LogP contribution in [0.1, 0.15) is 24.2 Å². The van der Waals surface area contributed by atoms with Gasteiger partial charge in [0.15, 0.2) is 0 Å². The Hall–Kier alpha value is -1.26. The summed E-state index contributed by atoms with van der Waals surface area (Å²) in [7, 11) is 0. The van der Waals surface area contributed by atoms with Crippen LogP contribution in [0, 0.1) is 0 Å². The zero-order chi connectivity index (χ0) is 12.8. The Bertz CT molecular complexity index is 395. The summed E-state index contributed by atoms with van der Waals surface area (Å²) < 4.78 is 5.35. The van der Waals surface area contributed by atoms with E-state index in [2.05, 4.69) is 5.32 Å². The number of aromatic carboxylic acids is 1. The molecule has 0 aliphatic heterocycles. The second-order valence-electron chi connectivity index (χ2n) is 3.64. The van der Waals surface area contributed by atoms with Crippen molar-refractivity contribution >= 4 is 23.3 Å². The minimum atomic E-state index is -1.00. The molecule has 1 atom stereocenters. The van der Waals surface area contributed by atoms with Crippen LogP contribution in [0.2, 0.25) is 5.02 Å². The first kappa shape index (κ1) is 13.8. The van der Waals surface area contributed by atoms with Gasteiger partial charge in [0, 0.05) is 23.9 Å². The van der Waals surface area contributed by atoms with Gasteiger partial charge >= 0.3 is 5.97 Å². The molecule has 0 fully saturated rings. The van der Waals surface area contributed by atoms with Crippen LogP contribution in [0.3, 0.4) is 0 Å². The fourth-order valence-corrected chi connectivity index (χ4v) is 1.62. The molecular weight excluding hydrogens is 242 g/mol. The lowest BCUT2D eigenvalue weighted by molar-refractivity contribution is 0.0696. The summed E-state index contributed by atoms with van der Waals surface area (Å²) in [5, 5.41) is 12.5. The molecule has 0 saturated heterocycles. The highest BCUT2D eigenvalue weighted by Crippen LogP contribution is 2.20. The van der Waals surface area contributed by atoms with Crippen LogP contribution in [-0.2, 0) is 4.74 Å². The molecule has 4 nitrogen and oxygen atoms in total. The van der Waals surface area contributed by atoms with Crippen molar-refractivity contribution in [3.05, 3.63) is 28.8 Å². The highest BCUT2D eigenvalue weighted by molar-refractivity contribution is 6.31. The van der Waals surface area contributed by atoms with Crippen molar-refractivity contribution < 1.29 is 14.6 Å². The number of ether oxygens (including phenoxy) is 1. The first-order valence-electron chi connectivity index (χ1n) is 5.43. The molecule has 0 aromatic heterocycles. The summed E-state index contributed by atoms with van der Waals surface area (Å²) in [4.78, 5) is 11.0. The molecule has 94 valence electrons. The van der Waals surface area contributed by atoms with Crippen LogP contribution in [0.5, 0.6) is 0 Å². The SMILES string of the molecule is CCOC(C)CNc1ccc(Cl)cc1C(=O)O. The zero-order valence-electron chi connectivity index (χ0n) is 9.87. The maximum absolute atomic E-state index is 11.0. The minimum Gasteiger partial charge on any atom is -0.478 e. The fourth-order valence-electron chi connectivity index (χ4n) is 1.44. The van der Waals surface area contributed by atoms with Gasteiger partial charge in [0.05, 0.1) is 11.7 Å². The maximum atomic E-state index is 11.0. The highest BCUT2D eigenvalue weighted by atomic mass is 35.5. The molecule has 0 heterocycles. The van der Waals surface area contributed by atoms with Gasteiger partial charge < -0.3 is 15.2 Å². The van der Waals surface area contributed by atoms with E-state index < -0.39 is 5.97 Å². The van der Waals surface area contributed by atoms with Crippen molar-refractivity contribution in [2.45, 2.75) is 20.0 Å². The van der Waals surface area contributed by atoms with Crippen molar-refractivity contribution in [3.8, 4) is 0 Å². The monoisotopic (exact) mass is 257 g/mol. The number of halogens is 1. The van der Waals surface area contributed by atoms with E-state index in [-0.39, 0.29) is 11.7 Å². The molecule has 1 aromatic rings. The number of carbonyl (C=O) groups is 1. The molecule has 0 aliphatic rings. The highest BCUT2D eigenvalue weighted by Gasteiger charge is 2.11. The number of anilines is 1. The molecule has 0 amide bonds. The third kappa shape index (κ3) is 4.24. The molecule has 0 bridgehead atoms. The van der Waals surface area contributed by atoms with E-state index in [1.165, 1.54) is 6.07 Å². The largest absolute Gasteiger partial charge is 0.478 e. The number of nitrogens with one attached hydrogen (secondary N) is 1. The molecule has 0 radical (unpaired) electrons. The van der Waals surface area contributed by atoms with Gasteiger partial charge in [0.1, 0.15) is 0 Å². The molecule has 0 saturated carbocycles. The van der Waals surface area contributed by atoms with Gasteiger partial charge in [-0.25, -0.2) is 4.79 Å². The van der Waals surface area contributed by atoms with Crippen molar-refractivity contribution in [2.24, 2.45) is 0 Å². The van der Waals surface area contributed by atoms with E-state index in [4.69, 9.17) is 21.4 Å². The van der Waals surface area contributed by atoms with E-state index >= 15 is 0 Å². The number of benzene rings is 1. The van der Waals surface area contributed by atoms with E-state index in [9.17, 15) is 4.79 Å². The van der Waals surface area contributed by atoms with Gasteiger partial charge in [-0.2, -0.15) is 0 Å². The summed E-state index contributed by atoms with van der Waals surface area (Å²) in [5.74, 6) is -1.00. The van der Waals surface area contributed by atoms with Crippen LogP contribution >= 0.6 is 11.6 Å². The predicted octanol–water partition coefficient (Wildman–Crippen LogP) is 2.88. The van der Waals surface area contributed by atoms with E-state index in [0.29, 0.717) is 23.9 Å². The fraction of sp³-hybridized carbons (Fsp3) is 0.417. The summed E-state index contributed by atoms with van der Waals surface area (Å²) in [6.07, 6.45) is 0.0253. The van der Waals surface area contributed by atoms with Crippen LogP contribution < -0.4 is 5.32 Å². The van der Waals surface area contributed by atoms with Gasteiger partial charge in [0.2, 0.25) is 0 Å². The van der Waals surface area contributed by atoms with Gasteiger partial charge in [-0.1, -0.05) is 11.6 Å². The Morgan fingerprint density at radius 2 is 2.29 bits per heavy atom. The Balaban J connectivity index is 2.73. The Kier molecular flexibility index (Phi) is 5.25.